The molecule has 21 heavy (non-hydrogen) atoms. The topological polar surface area (TPSA) is 64.1 Å². The zero-order valence-electron chi connectivity index (χ0n) is 13.4. The molecule has 0 saturated heterocycles. The minimum atomic E-state index is -0.188. The van der Waals surface area contributed by atoms with Gasteiger partial charge >= 0.3 is 5.97 Å². The highest BCUT2D eigenvalue weighted by molar-refractivity contribution is 7.99. The summed E-state index contributed by atoms with van der Waals surface area (Å²) in [6.07, 6.45) is 3.33. The van der Waals surface area contributed by atoms with E-state index in [0.29, 0.717) is 12.2 Å². The second kappa shape index (κ2) is 9.60. The highest BCUT2D eigenvalue weighted by Gasteiger charge is 2.11. The highest BCUT2D eigenvalue weighted by Crippen LogP contribution is 2.26. The maximum atomic E-state index is 11.2. The highest BCUT2D eigenvalue weighted by atomic mass is 32.2. The third kappa shape index (κ3) is 5.91. The fourth-order valence-electron chi connectivity index (χ4n) is 1.76. The lowest BCUT2D eigenvalue weighted by molar-refractivity contribution is -0.140. The summed E-state index contributed by atoms with van der Waals surface area (Å²) in [5.74, 6) is 2.26. The second-order valence-electron chi connectivity index (χ2n) is 4.77. The van der Waals surface area contributed by atoms with Gasteiger partial charge in [-0.3, -0.25) is 4.79 Å². The van der Waals surface area contributed by atoms with E-state index in [9.17, 15) is 4.79 Å². The molecule has 5 nitrogen and oxygen atoms in total. The number of methoxy groups -OCH3 is 1. The lowest BCUT2D eigenvalue weighted by Gasteiger charge is -2.13. The smallest absolute Gasteiger partial charge is 0.306 e. The Morgan fingerprint density at radius 1 is 1.29 bits per heavy atom. The SMILES string of the molecule is CCCNc1nc(CCC)nc(SCCC(=O)OC)c1C. The molecule has 0 radical (unpaired) electrons. The van der Waals surface area contributed by atoms with Crippen molar-refractivity contribution < 1.29 is 9.53 Å². The number of nitrogens with zero attached hydrogens (tertiary/aromatic N) is 2. The summed E-state index contributed by atoms with van der Waals surface area (Å²) in [7, 11) is 1.41. The van der Waals surface area contributed by atoms with Crippen molar-refractivity contribution in [1.82, 2.24) is 9.97 Å². The van der Waals surface area contributed by atoms with Gasteiger partial charge in [0.1, 0.15) is 16.7 Å². The molecule has 0 fully saturated rings. The summed E-state index contributed by atoms with van der Waals surface area (Å²) in [4.78, 5) is 20.4. The number of aromatic nitrogens is 2. The quantitative estimate of drug-likeness (QED) is 0.429. The lowest BCUT2D eigenvalue weighted by Crippen LogP contribution is -2.09. The molecule has 1 aromatic heterocycles. The third-order valence-corrected chi connectivity index (χ3v) is 4.02. The largest absolute Gasteiger partial charge is 0.469 e. The Balaban J connectivity index is 2.83. The Labute approximate surface area is 131 Å². The number of carbonyl (C=O) groups excluding carboxylic acids is 1. The van der Waals surface area contributed by atoms with Crippen LogP contribution in [0.4, 0.5) is 5.82 Å². The lowest BCUT2D eigenvalue weighted by atomic mass is 10.3. The molecule has 0 aliphatic rings. The Morgan fingerprint density at radius 2 is 2.05 bits per heavy atom. The first kappa shape index (κ1) is 17.8. The van der Waals surface area contributed by atoms with Gasteiger partial charge in [0.25, 0.3) is 0 Å². The first-order chi connectivity index (χ1) is 10.1. The van der Waals surface area contributed by atoms with Gasteiger partial charge in [0, 0.05) is 24.3 Å². The van der Waals surface area contributed by atoms with Gasteiger partial charge in [-0.25, -0.2) is 9.97 Å². The standard InChI is InChI=1S/C15H25N3O2S/c1-5-7-12-17-14(16-9-6-2)11(3)15(18-12)21-10-8-13(19)20-4/h5-10H2,1-4H3,(H,16,17,18). The maximum Gasteiger partial charge on any atom is 0.306 e. The van der Waals surface area contributed by atoms with E-state index in [-0.39, 0.29) is 5.97 Å². The van der Waals surface area contributed by atoms with Crippen molar-refractivity contribution in [2.24, 2.45) is 0 Å². The summed E-state index contributed by atoms with van der Waals surface area (Å²) < 4.78 is 4.66. The van der Waals surface area contributed by atoms with Crippen LogP contribution < -0.4 is 5.32 Å². The molecule has 1 N–H and O–H groups in total. The van der Waals surface area contributed by atoms with E-state index in [1.165, 1.54) is 7.11 Å². The molecular formula is C15H25N3O2S. The number of hydrogen-bond acceptors (Lipinski definition) is 6. The van der Waals surface area contributed by atoms with Crippen LogP contribution >= 0.6 is 11.8 Å². The van der Waals surface area contributed by atoms with Crippen molar-refractivity contribution in [3.8, 4) is 0 Å². The van der Waals surface area contributed by atoms with Gasteiger partial charge < -0.3 is 10.1 Å². The number of aryl methyl sites for hydroxylation is 1. The monoisotopic (exact) mass is 311 g/mol. The number of rotatable bonds is 9. The predicted molar refractivity (Wildman–Crippen MR) is 86.9 cm³/mol. The fraction of sp³-hybridized carbons (Fsp3) is 0.667. The number of ether oxygens (including phenoxy) is 1. The van der Waals surface area contributed by atoms with E-state index in [4.69, 9.17) is 0 Å². The van der Waals surface area contributed by atoms with Crippen LogP contribution in [0.1, 0.15) is 44.5 Å². The molecule has 0 aliphatic carbocycles. The number of carbonyl (C=O) groups is 1. The van der Waals surface area contributed by atoms with Crippen LogP contribution in [0.2, 0.25) is 0 Å². The third-order valence-electron chi connectivity index (χ3n) is 2.94. The zero-order chi connectivity index (χ0) is 15.7. The number of hydrogen-bond donors (Lipinski definition) is 1. The van der Waals surface area contributed by atoms with E-state index in [0.717, 1.165) is 48.0 Å². The molecule has 0 amide bonds. The van der Waals surface area contributed by atoms with Crippen LogP contribution in [0, 0.1) is 6.92 Å². The van der Waals surface area contributed by atoms with Crippen molar-refractivity contribution in [3.05, 3.63) is 11.4 Å². The van der Waals surface area contributed by atoms with Gasteiger partial charge in [0.05, 0.1) is 13.5 Å². The number of esters is 1. The first-order valence-electron chi connectivity index (χ1n) is 7.43. The van der Waals surface area contributed by atoms with Crippen LogP contribution in [0.5, 0.6) is 0 Å². The molecule has 0 aliphatic heterocycles. The fourth-order valence-corrected chi connectivity index (χ4v) is 2.71. The van der Waals surface area contributed by atoms with Crippen LogP contribution in [0.25, 0.3) is 0 Å². The summed E-state index contributed by atoms with van der Waals surface area (Å²) in [6, 6.07) is 0. The molecular weight excluding hydrogens is 286 g/mol. The Morgan fingerprint density at radius 3 is 2.67 bits per heavy atom. The molecule has 6 heteroatoms. The van der Waals surface area contributed by atoms with E-state index in [2.05, 4.69) is 33.9 Å². The Kier molecular flexibility index (Phi) is 8.12. The molecule has 0 atom stereocenters. The molecule has 0 bridgehead atoms. The summed E-state index contributed by atoms with van der Waals surface area (Å²) in [5.41, 5.74) is 1.05. The van der Waals surface area contributed by atoms with Crippen molar-refractivity contribution in [1.29, 1.82) is 0 Å². The molecule has 1 heterocycles. The predicted octanol–water partition coefficient (Wildman–Crippen LogP) is 3.21. The number of thioether (sulfide) groups is 1. The molecule has 0 spiro atoms. The average molecular weight is 311 g/mol. The molecule has 1 rings (SSSR count). The van der Waals surface area contributed by atoms with Gasteiger partial charge in [0.2, 0.25) is 0 Å². The zero-order valence-corrected chi connectivity index (χ0v) is 14.2. The first-order valence-corrected chi connectivity index (χ1v) is 8.41. The van der Waals surface area contributed by atoms with Crippen molar-refractivity contribution in [2.45, 2.75) is 51.5 Å². The molecule has 0 saturated carbocycles. The molecule has 0 aromatic carbocycles. The van der Waals surface area contributed by atoms with Crippen molar-refractivity contribution in [2.75, 3.05) is 24.7 Å². The van der Waals surface area contributed by atoms with Gasteiger partial charge in [0.15, 0.2) is 0 Å². The summed E-state index contributed by atoms with van der Waals surface area (Å²) in [6.45, 7) is 7.17. The van der Waals surface area contributed by atoms with Crippen molar-refractivity contribution >= 4 is 23.5 Å². The van der Waals surface area contributed by atoms with Crippen molar-refractivity contribution in [3.63, 3.8) is 0 Å². The van der Waals surface area contributed by atoms with Crippen LogP contribution in [0.3, 0.4) is 0 Å². The van der Waals surface area contributed by atoms with Gasteiger partial charge in [-0.1, -0.05) is 13.8 Å². The van der Waals surface area contributed by atoms with E-state index < -0.39 is 0 Å². The minimum Gasteiger partial charge on any atom is -0.469 e. The summed E-state index contributed by atoms with van der Waals surface area (Å²) in [5, 5.41) is 4.31. The molecule has 118 valence electrons. The average Bonchev–Trinajstić information content (AvgIpc) is 2.48. The van der Waals surface area contributed by atoms with E-state index in [1.54, 1.807) is 11.8 Å². The van der Waals surface area contributed by atoms with Crippen LogP contribution in [-0.2, 0) is 16.0 Å². The molecule has 0 unspecified atom stereocenters. The normalized spacial score (nSPS) is 10.5. The minimum absolute atomic E-state index is 0.188. The van der Waals surface area contributed by atoms with Crippen LogP contribution in [0.15, 0.2) is 5.03 Å². The number of nitrogens with one attached hydrogen (secondary N) is 1. The Bertz CT molecular complexity index is 466. The second-order valence-corrected chi connectivity index (χ2v) is 5.85. The van der Waals surface area contributed by atoms with Crippen LogP contribution in [-0.4, -0.2) is 35.3 Å². The molecule has 1 aromatic rings. The Hall–Kier alpha value is -1.30. The number of anilines is 1. The van der Waals surface area contributed by atoms with E-state index in [1.807, 2.05) is 6.92 Å². The maximum absolute atomic E-state index is 11.2. The van der Waals surface area contributed by atoms with Gasteiger partial charge in [-0.15, -0.1) is 11.8 Å². The summed E-state index contributed by atoms with van der Waals surface area (Å²) >= 11 is 1.59. The van der Waals surface area contributed by atoms with Gasteiger partial charge in [-0.05, 0) is 19.8 Å². The van der Waals surface area contributed by atoms with E-state index >= 15 is 0 Å². The van der Waals surface area contributed by atoms with Gasteiger partial charge in [-0.2, -0.15) is 0 Å².